The highest BCUT2D eigenvalue weighted by Gasteiger charge is 2.48. The second-order valence-electron chi connectivity index (χ2n) is 7.68. The summed E-state index contributed by atoms with van der Waals surface area (Å²) in [6.45, 7) is 3.63. The van der Waals surface area contributed by atoms with Crippen LogP contribution in [0.3, 0.4) is 0 Å². The molecule has 1 amide bonds. The molecule has 1 atom stereocenters. The minimum absolute atomic E-state index is 0.195. The molecule has 4 rings (SSSR count). The molecular formula is C20H25FN4O. The quantitative estimate of drug-likeness (QED) is 0.846. The highest BCUT2D eigenvalue weighted by Crippen LogP contribution is 2.41. The molecule has 6 heteroatoms. The average Bonchev–Trinajstić information content (AvgIpc) is 3.21. The fourth-order valence-electron chi connectivity index (χ4n) is 4.42. The van der Waals surface area contributed by atoms with Gasteiger partial charge in [0.25, 0.3) is 0 Å². The lowest BCUT2D eigenvalue weighted by atomic mass is 9.78. The second kappa shape index (κ2) is 6.83. The van der Waals surface area contributed by atoms with E-state index in [2.05, 4.69) is 10.00 Å². The molecule has 3 heterocycles. The first-order valence-corrected chi connectivity index (χ1v) is 9.28. The van der Waals surface area contributed by atoms with E-state index in [-0.39, 0.29) is 17.1 Å². The molecule has 5 nitrogen and oxygen atoms in total. The van der Waals surface area contributed by atoms with E-state index >= 15 is 0 Å². The molecule has 26 heavy (non-hydrogen) atoms. The van der Waals surface area contributed by atoms with Crippen LogP contribution >= 0.6 is 0 Å². The summed E-state index contributed by atoms with van der Waals surface area (Å²) >= 11 is 0. The van der Waals surface area contributed by atoms with Crippen molar-refractivity contribution in [2.75, 3.05) is 19.6 Å². The van der Waals surface area contributed by atoms with Gasteiger partial charge in [-0.2, -0.15) is 5.10 Å². The molecule has 0 aliphatic carbocycles. The number of nitrogens with zero attached hydrogens (tertiary/aromatic N) is 4. The number of piperidine rings is 1. The first-order valence-electron chi connectivity index (χ1n) is 9.28. The molecule has 2 aliphatic rings. The summed E-state index contributed by atoms with van der Waals surface area (Å²) in [5, 5.41) is 4.22. The van der Waals surface area contributed by atoms with Gasteiger partial charge in [0.1, 0.15) is 5.82 Å². The molecule has 1 unspecified atom stereocenters. The van der Waals surface area contributed by atoms with Gasteiger partial charge >= 0.3 is 0 Å². The Bertz CT molecular complexity index is 805. The molecule has 2 fully saturated rings. The van der Waals surface area contributed by atoms with Gasteiger partial charge in [-0.3, -0.25) is 14.4 Å². The Kier molecular flexibility index (Phi) is 4.53. The standard InChI is InChI=1S/C20H25FN4O/c1-23-12-16(11-22-23)13-24-10-8-20(15-24)7-4-9-25(19(20)26)14-17-5-2-3-6-18(17)21/h2-3,5-6,11-12H,4,7-10,13-15H2,1H3. The number of rotatable bonds is 4. The third kappa shape index (κ3) is 3.26. The zero-order valence-corrected chi connectivity index (χ0v) is 15.2. The maximum absolute atomic E-state index is 14.0. The molecule has 2 aromatic rings. The lowest BCUT2D eigenvalue weighted by Gasteiger charge is -2.39. The number of carbonyl (C=O) groups is 1. The topological polar surface area (TPSA) is 41.4 Å². The maximum Gasteiger partial charge on any atom is 0.230 e. The first kappa shape index (κ1) is 17.2. The van der Waals surface area contributed by atoms with Crippen molar-refractivity contribution in [3.8, 4) is 0 Å². The van der Waals surface area contributed by atoms with E-state index < -0.39 is 0 Å². The minimum Gasteiger partial charge on any atom is -0.338 e. The number of amides is 1. The Labute approximate surface area is 153 Å². The van der Waals surface area contributed by atoms with E-state index in [1.165, 1.54) is 11.6 Å². The van der Waals surface area contributed by atoms with Crippen molar-refractivity contribution >= 4 is 5.91 Å². The summed E-state index contributed by atoms with van der Waals surface area (Å²) in [6, 6.07) is 6.75. The minimum atomic E-state index is -0.300. The first-order chi connectivity index (χ1) is 12.6. The van der Waals surface area contributed by atoms with Gasteiger partial charge in [0, 0.05) is 50.6 Å². The third-order valence-electron chi connectivity index (χ3n) is 5.74. The summed E-state index contributed by atoms with van der Waals surface area (Å²) in [5.41, 5.74) is 1.48. The van der Waals surface area contributed by atoms with Gasteiger partial charge in [0.05, 0.1) is 11.6 Å². The monoisotopic (exact) mass is 356 g/mol. The number of hydrogen-bond acceptors (Lipinski definition) is 3. The van der Waals surface area contributed by atoms with Crippen molar-refractivity contribution in [3.63, 3.8) is 0 Å². The van der Waals surface area contributed by atoms with E-state index in [9.17, 15) is 9.18 Å². The Hall–Kier alpha value is -2.21. The zero-order valence-electron chi connectivity index (χ0n) is 15.2. The maximum atomic E-state index is 14.0. The van der Waals surface area contributed by atoms with Gasteiger partial charge < -0.3 is 4.90 Å². The number of aryl methyl sites for hydroxylation is 1. The summed E-state index contributed by atoms with van der Waals surface area (Å²) in [4.78, 5) is 17.4. The largest absolute Gasteiger partial charge is 0.338 e. The number of benzene rings is 1. The molecule has 0 N–H and O–H groups in total. The van der Waals surface area contributed by atoms with E-state index in [1.54, 1.807) is 12.1 Å². The summed E-state index contributed by atoms with van der Waals surface area (Å²) in [6.07, 6.45) is 6.72. The zero-order chi connectivity index (χ0) is 18.1. The third-order valence-corrected chi connectivity index (χ3v) is 5.74. The fraction of sp³-hybridized carbons (Fsp3) is 0.500. The van der Waals surface area contributed by atoms with Crippen LogP contribution in [-0.2, 0) is 24.9 Å². The van der Waals surface area contributed by atoms with Crippen LogP contribution in [0.15, 0.2) is 36.7 Å². The highest BCUT2D eigenvalue weighted by atomic mass is 19.1. The smallest absolute Gasteiger partial charge is 0.230 e. The van der Waals surface area contributed by atoms with Gasteiger partial charge in [0.15, 0.2) is 0 Å². The van der Waals surface area contributed by atoms with E-state index in [1.807, 2.05) is 35.1 Å². The predicted molar refractivity (Wildman–Crippen MR) is 96.6 cm³/mol. The summed E-state index contributed by atoms with van der Waals surface area (Å²) in [7, 11) is 1.92. The summed E-state index contributed by atoms with van der Waals surface area (Å²) in [5.74, 6) is -0.0368. The normalized spacial score (nSPS) is 23.9. The van der Waals surface area contributed by atoms with Crippen molar-refractivity contribution in [1.82, 2.24) is 19.6 Å². The SMILES string of the molecule is Cn1cc(CN2CCC3(CCCN(Cc4ccccc4F)C3=O)C2)cn1. The number of halogens is 1. The van der Waals surface area contributed by atoms with Gasteiger partial charge in [-0.05, 0) is 31.9 Å². The van der Waals surface area contributed by atoms with Gasteiger partial charge in [-0.1, -0.05) is 18.2 Å². The average molecular weight is 356 g/mol. The predicted octanol–water partition coefficient (Wildman–Crippen LogP) is 2.57. The van der Waals surface area contributed by atoms with Crippen molar-refractivity contribution < 1.29 is 9.18 Å². The van der Waals surface area contributed by atoms with Crippen LogP contribution in [0.5, 0.6) is 0 Å². The van der Waals surface area contributed by atoms with Gasteiger partial charge in [-0.25, -0.2) is 4.39 Å². The fourth-order valence-corrected chi connectivity index (χ4v) is 4.42. The Morgan fingerprint density at radius 1 is 1.19 bits per heavy atom. The van der Waals surface area contributed by atoms with E-state index in [4.69, 9.17) is 0 Å². The molecule has 2 aliphatic heterocycles. The molecule has 1 spiro atoms. The van der Waals surface area contributed by atoms with E-state index in [0.29, 0.717) is 12.1 Å². The van der Waals surface area contributed by atoms with Crippen LogP contribution in [-0.4, -0.2) is 45.1 Å². The van der Waals surface area contributed by atoms with Crippen LogP contribution in [0.1, 0.15) is 30.4 Å². The van der Waals surface area contributed by atoms with Crippen molar-refractivity contribution in [2.24, 2.45) is 12.5 Å². The summed E-state index contributed by atoms with van der Waals surface area (Å²) < 4.78 is 15.8. The van der Waals surface area contributed by atoms with Crippen LogP contribution in [0.25, 0.3) is 0 Å². The Morgan fingerprint density at radius 3 is 2.81 bits per heavy atom. The van der Waals surface area contributed by atoms with Crippen LogP contribution in [0.2, 0.25) is 0 Å². The Morgan fingerprint density at radius 2 is 2.04 bits per heavy atom. The van der Waals surface area contributed by atoms with Gasteiger partial charge in [-0.15, -0.1) is 0 Å². The van der Waals surface area contributed by atoms with Gasteiger partial charge in [0.2, 0.25) is 5.91 Å². The number of aromatic nitrogens is 2. The lowest BCUT2D eigenvalue weighted by molar-refractivity contribution is -0.146. The van der Waals surface area contributed by atoms with Crippen LogP contribution in [0.4, 0.5) is 4.39 Å². The van der Waals surface area contributed by atoms with Crippen molar-refractivity contribution in [3.05, 3.63) is 53.6 Å². The molecule has 0 bridgehead atoms. The molecule has 0 radical (unpaired) electrons. The molecular weight excluding hydrogens is 331 g/mol. The van der Waals surface area contributed by atoms with Crippen LogP contribution < -0.4 is 0 Å². The van der Waals surface area contributed by atoms with Crippen molar-refractivity contribution in [2.45, 2.75) is 32.4 Å². The van der Waals surface area contributed by atoms with Crippen molar-refractivity contribution in [1.29, 1.82) is 0 Å². The lowest BCUT2D eigenvalue weighted by Crippen LogP contribution is -2.49. The number of hydrogen-bond donors (Lipinski definition) is 0. The molecule has 1 aromatic carbocycles. The molecule has 2 saturated heterocycles. The van der Waals surface area contributed by atoms with Crippen LogP contribution in [0, 0.1) is 11.2 Å². The molecule has 0 saturated carbocycles. The number of likely N-dealkylation sites (tertiary alicyclic amines) is 2. The number of carbonyl (C=O) groups excluding carboxylic acids is 1. The second-order valence-corrected chi connectivity index (χ2v) is 7.68. The molecule has 1 aromatic heterocycles. The molecule has 138 valence electrons. The highest BCUT2D eigenvalue weighted by molar-refractivity contribution is 5.84. The van der Waals surface area contributed by atoms with E-state index in [0.717, 1.165) is 45.4 Å². The Balaban J connectivity index is 1.45.